The number of hydrogen-bond acceptors (Lipinski definition) is 3. The Hall–Kier alpha value is -1.58. The van der Waals surface area contributed by atoms with Gasteiger partial charge in [-0.25, -0.2) is 0 Å². The van der Waals surface area contributed by atoms with Gasteiger partial charge in [0.25, 0.3) is 0 Å². The Morgan fingerprint density at radius 3 is 2.71 bits per heavy atom. The highest BCUT2D eigenvalue weighted by molar-refractivity contribution is 6.30. The van der Waals surface area contributed by atoms with Crippen molar-refractivity contribution in [1.29, 1.82) is 0 Å². The molecule has 4 heteroatoms. The summed E-state index contributed by atoms with van der Waals surface area (Å²) >= 11 is 5.82. The minimum atomic E-state index is -0.777. The van der Waals surface area contributed by atoms with E-state index in [9.17, 15) is 5.11 Å². The molecule has 2 aromatic rings. The number of nitrogen functional groups attached to an aromatic ring is 1. The molecule has 88 valence electrons. The maximum absolute atomic E-state index is 10.3. The highest BCUT2D eigenvalue weighted by Gasteiger charge is 2.15. The topological polar surface area (TPSA) is 59.1 Å². The molecule has 0 spiro atoms. The van der Waals surface area contributed by atoms with Crippen molar-refractivity contribution in [3.8, 4) is 0 Å². The van der Waals surface area contributed by atoms with Crippen LogP contribution in [0.5, 0.6) is 0 Å². The van der Waals surface area contributed by atoms with Crippen molar-refractivity contribution in [3.05, 3.63) is 58.4 Å². The van der Waals surface area contributed by atoms with E-state index in [0.717, 1.165) is 11.1 Å². The van der Waals surface area contributed by atoms with Crippen LogP contribution in [0.3, 0.4) is 0 Å². The van der Waals surface area contributed by atoms with Gasteiger partial charge in [-0.1, -0.05) is 17.7 Å². The number of anilines is 1. The Morgan fingerprint density at radius 1 is 1.29 bits per heavy atom. The van der Waals surface area contributed by atoms with Crippen molar-refractivity contribution in [2.75, 3.05) is 5.73 Å². The van der Waals surface area contributed by atoms with Crippen molar-refractivity contribution in [2.24, 2.45) is 0 Å². The summed E-state index contributed by atoms with van der Waals surface area (Å²) in [5.74, 6) is 0. The third-order valence-corrected chi connectivity index (χ3v) is 2.95. The minimum Gasteiger partial charge on any atom is -0.398 e. The minimum absolute atomic E-state index is 0.480. The molecule has 1 unspecified atom stereocenters. The van der Waals surface area contributed by atoms with Gasteiger partial charge in [-0.05, 0) is 30.7 Å². The summed E-state index contributed by atoms with van der Waals surface area (Å²) in [7, 11) is 0. The third-order valence-electron chi connectivity index (χ3n) is 2.72. The van der Waals surface area contributed by atoms with Crippen LogP contribution >= 0.6 is 11.6 Å². The van der Waals surface area contributed by atoms with Crippen LogP contribution in [-0.4, -0.2) is 10.1 Å². The second-order valence-corrected chi connectivity index (χ2v) is 4.34. The summed E-state index contributed by atoms with van der Waals surface area (Å²) in [6.45, 7) is 1.92. The second-order valence-electron chi connectivity index (χ2n) is 3.91. The van der Waals surface area contributed by atoms with E-state index in [1.54, 1.807) is 30.6 Å². The number of benzene rings is 1. The monoisotopic (exact) mass is 248 g/mol. The first-order valence-corrected chi connectivity index (χ1v) is 5.61. The standard InChI is InChI=1S/C13H13ClN2O/c1-8-4-5-16-7-11(8)13(17)10-3-2-9(14)6-12(10)15/h2-7,13,17H,15H2,1H3. The van der Waals surface area contributed by atoms with E-state index < -0.39 is 6.10 Å². The Labute approximate surface area is 105 Å². The van der Waals surface area contributed by atoms with E-state index in [4.69, 9.17) is 17.3 Å². The Morgan fingerprint density at radius 2 is 2.06 bits per heavy atom. The molecule has 0 saturated heterocycles. The van der Waals surface area contributed by atoms with Crippen LogP contribution < -0.4 is 5.73 Å². The third kappa shape index (κ3) is 2.40. The largest absolute Gasteiger partial charge is 0.398 e. The van der Waals surface area contributed by atoms with Crippen LogP contribution in [-0.2, 0) is 0 Å². The Bertz CT molecular complexity index is 543. The molecular weight excluding hydrogens is 236 g/mol. The zero-order valence-electron chi connectivity index (χ0n) is 9.39. The number of rotatable bonds is 2. The van der Waals surface area contributed by atoms with Gasteiger partial charge in [-0.3, -0.25) is 4.98 Å². The number of nitrogens with two attached hydrogens (primary N) is 1. The Kier molecular flexibility index (Phi) is 3.31. The van der Waals surface area contributed by atoms with Gasteiger partial charge in [0, 0.05) is 34.2 Å². The predicted molar refractivity (Wildman–Crippen MR) is 68.9 cm³/mol. The van der Waals surface area contributed by atoms with E-state index in [0.29, 0.717) is 16.3 Å². The predicted octanol–water partition coefficient (Wildman–Crippen LogP) is 2.71. The van der Waals surface area contributed by atoms with Gasteiger partial charge in [0.2, 0.25) is 0 Å². The fraction of sp³-hybridized carbons (Fsp3) is 0.154. The van der Waals surface area contributed by atoms with Gasteiger partial charge in [-0.2, -0.15) is 0 Å². The average molecular weight is 249 g/mol. The van der Waals surface area contributed by atoms with Crippen LogP contribution in [0.25, 0.3) is 0 Å². The maximum atomic E-state index is 10.3. The first-order valence-electron chi connectivity index (χ1n) is 5.23. The van der Waals surface area contributed by atoms with Gasteiger partial charge >= 0.3 is 0 Å². The van der Waals surface area contributed by atoms with Crippen LogP contribution in [0.1, 0.15) is 22.8 Å². The molecule has 3 N–H and O–H groups in total. The molecule has 0 amide bonds. The number of aryl methyl sites for hydroxylation is 1. The molecule has 0 aliphatic rings. The summed E-state index contributed by atoms with van der Waals surface area (Å²) in [6, 6.07) is 6.92. The fourth-order valence-corrected chi connectivity index (χ4v) is 1.91. The number of halogens is 1. The van der Waals surface area contributed by atoms with Crippen LogP contribution in [0, 0.1) is 6.92 Å². The van der Waals surface area contributed by atoms with Gasteiger partial charge < -0.3 is 10.8 Å². The SMILES string of the molecule is Cc1ccncc1C(O)c1ccc(Cl)cc1N. The summed E-state index contributed by atoms with van der Waals surface area (Å²) in [5.41, 5.74) is 8.69. The van der Waals surface area contributed by atoms with E-state index >= 15 is 0 Å². The summed E-state index contributed by atoms with van der Waals surface area (Å²) in [5, 5.41) is 10.8. The number of aromatic nitrogens is 1. The van der Waals surface area contributed by atoms with E-state index in [-0.39, 0.29) is 0 Å². The molecule has 0 aliphatic heterocycles. The summed E-state index contributed by atoms with van der Waals surface area (Å²) < 4.78 is 0. The second kappa shape index (κ2) is 4.73. The quantitative estimate of drug-likeness (QED) is 0.804. The number of aliphatic hydroxyl groups is 1. The lowest BCUT2D eigenvalue weighted by atomic mass is 9.98. The molecule has 0 saturated carbocycles. The first kappa shape index (κ1) is 11.9. The van der Waals surface area contributed by atoms with E-state index in [1.165, 1.54) is 0 Å². The molecule has 2 rings (SSSR count). The molecule has 0 fully saturated rings. The molecule has 1 aromatic carbocycles. The molecule has 1 aromatic heterocycles. The lowest BCUT2D eigenvalue weighted by Gasteiger charge is -2.15. The number of aliphatic hydroxyl groups excluding tert-OH is 1. The summed E-state index contributed by atoms with van der Waals surface area (Å²) in [4.78, 5) is 4.01. The number of pyridine rings is 1. The summed E-state index contributed by atoms with van der Waals surface area (Å²) in [6.07, 6.45) is 2.56. The zero-order valence-corrected chi connectivity index (χ0v) is 10.1. The van der Waals surface area contributed by atoms with Gasteiger partial charge in [0.05, 0.1) is 0 Å². The van der Waals surface area contributed by atoms with Crippen molar-refractivity contribution in [2.45, 2.75) is 13.0 Å². The smallest absolute Gasteiger partial charge is 0.108 e. The zero-order chi connectivity index (χ0) is 12.4. The fourth-order valence-electron chi connectivity index (χ4n) is 1.72. The van der Waals surface area contributed by atoms with Crippen LogP contribution in [0.15, 0.2) is 36.7 Å². The van der Waals surface area contributed by atoms with Crippen molar-refractivity contribution in [3.63, 3.8) is 0 Å². The normalized spacial score (nSPS) is 12.4. The van der Waals surface area contributed by atoms with Gasteiger partial charge in [-0.15, -0.1) is 0 Å². The van der Waals surface area contributed by atoms with Gasteiger partial charge in [0.15, 0.2) is 0 Å². The first-order chi connectivity index (χ1) is 8.09. The highest BCUT2D eigenvalue weighted by Crippen LogP contribution is 2.29. The molecular formula is C13H13ClN2O. The molecule has 17 heavy (non-hydrogen) atoms. The van der Waals surface area contributed by atoms with Crippen LogP contribution in [0.2, 0.25) is 5.02 Å². The molecule has 1 heterocycles. The lowest BCUT2D eigenvalue weighted by molar-refractivity contribution is 0.220. The molecule has 0 bridgehead atoms. The Balaban J connectivity index is 2.44. The van der Waals surface area contributed by atoms with Gasteiger partial charge in [0.1, 0.15) is 6.10 Å². The number of nitrogens with zero attached hydrogens (tertiary/aromatic N) is 1. The van der Waals surface area contributed by atoms with Crippen molar-refractivity contribution in [1.82, 2.24) is 4.98 Å². The molecule has 3 nitrogen and oxygen atoms in total. The van der Waals surface area contributed by atoms with Crippen LogP contribution in [0.4, 0.5) is 5.69 Å². The highest BCUT2D eigenvalue weighted by atomic mass is 35.5. The lowest BCUT2D eigenvalue weighted by Crippen LogP contribution is -2.05. The molecule has 0 radical (unpaired) electrons. The molecule has 0 aliphatic carbocycles. The molecule has 1 atom stereocenters. The van der Waals surface area contributed by atoms with E-state index in [2.05, 4.69) is 4.98 Å². The maximum Gasteiger partial charge on any atom is 0.108 e. The van der Waals surface area contributed by atoms with E-state index in [1.807, 2.05) is 13.0 Å². The van der Waals surface area contributed by atoms with Crippen molar-refractivity contribution < 1.29 is 5.11 Å². The average Bonchev–Trinajstić information content (AvgIpc) is 2.29. The number of hydrogen-bond donors (Lipinski definition) is 2. The van der Waals surface area contributed by atoms with Crippen molar-refractivity contribution >= 4 is 17.3 Å².